The number of nitrogens with two attached hydrogens (primary N) is 1. The van der Waals surface area contributed by atoms with Gasteiger partial charge in [0, 0.05) is 40.9 Å². The maximum atomic E-state index is 15.9. The average molecular weight is 636 g/mol. The fourth-order valence-electron chi connectivity index (χ4n) is 5.48. The first-order chi connectivity index (χ1) is 21.1. The largest absolute Gasteiger partial charge is 0.490 e. The van der Waals surface area contributed by atoms with Gasteiger partial charge >= 0.3 is 6.55 Å². The number of fused-ring (bicyclic) bond motifs is 1. The molecule has 3 aromatic rings. The smallest absolute Gasteiger partial charge is 0.451 e. The number of alkyl halides is 2. The van der Waals surface area contributed by atoms with Gasteiger partial charge < -0.3 is 20.6 Å². The maximum absolute atomic E-state index is 15.9. The van der Waals surface area contributed by atoms with E-state index in [0.29, 0.717) is 36.5 Å². The van der Waals surface area contributed by atoms with Crippen LogP contribution in [-0.2, 0) is 10.2 Å². The Bertz CT molecular complexity index is 1670. The van der Waals surface area contributed by atoms with Crippen LogP contribution in [-0.4, -0.2) is 55.2 Å². The second kappa shape index (κ2) is 12.2. The van der Waals surface area contributed by atoms with Gasteiger partial charge in [0.1, 0.15) is 29.2 Å². The third-order valence-electron chi connectivity index (χ3n) is 8.18. The summed E-state index contributed by atoms with van der Waals surface area (Å²) >= 11 is 5.89. The number of nitrogens with one attached hydrogen (secondary N) is 1. The number of rotatable bonds is 10. The first kappa shape index (κ1) is 31.5. The molecule has 2 aliphatic carbocycles. The summed E-state index contributed by atoms with van der Waals surface area (Å²) < 4.78 is 77.0. The Morgan fingerprint density at radius 3 is 2.45 bits per heavy atom. The van der Waals surface area contributed by atoms with Crippen molar-refractivity contribution < 1.29 is 40.9 Å². The highest BCUT2D eigenvalue weighted by molar-refractivity contribution is 6.31. The Morgan fingerprint density at radius 2 is 1.86 bits per heavy atom. The van der Waals surface area contributed by atoms with Crippen LogP contribution in [0.4, 0.5) is 27.6 Å². The van der Waals surface area contributed by atoms with Crippen molar-refractivity contribution in [2.45, 2.75) is 43.6 Å². The van der Waals surface area contributed by atoms with Crippen LogP contribution in [0.5, 0.6) is 5.75 Å². The van der Waals surface area contributed by atoms with Crippen LogP contribution in [0.3, 0.4) is 0 Å². The first-order valence-electron chi connectivity index (χ1n) is 13.9. The number of halogens is 6. The van der Waals surface area contributed by atoms with Gasteiger partial charge in [-0.1, -0.05) is 11.6 Å². The lowest BCUT2D eigenvalue weighted by molar-refractivity contribution is -0.559. The number of carbonyl (C=O) groups excluding carboxylic acids is 2. The Balaban J connectivity index is 0.00000188. The van der Waals surface area contributed by atoms with Crippen molar-refractivity contribution in [2.24, 2.45) is 11.7 Å². The molecule has 1 atom stereocenters. The van der Waals surface area contributed by atoms with Gasteiger partial charge in [-0.3, -0.25) is 4.79 Å². The lowest BCUT2D eigenvalue weighted by Gasteiger charge is -2.22. The molecule has 1 aromatic heterocycles. The molecule has 2 fully saturated rings. The summed E-state index contributed by atoms with van der Waals surface area (Å²) in [6.07, 6.45) is 4.34. The lowest BCUT2D eigenvalue weighted by atomic mass is 9.90. The molecule has 1 unspecified atom stereocenters. The topological polar surface area (TPSA) is 97.3 Å². The molecule has 2 aromatic carbocycles. The van der Waals surface area contributed by atoms with Crippen molar-refractivity contribution in [1.29, 1.82) is 0 Å². The van der Waals surface area contributed by atoms with Crippen molar-refractivity contribution in [2.75, 3.05) is 20.7 Å². The van der Waals surface area contributed by atoms with Gasteiger partial charge in [0.05, 0.1) is 17.5 Å². The molecule has 0 saturated heterocycles. The molecule has 232 valence electrons. The molecule has 3 N–H and O–H groups in total. The monoisotopic (exact) mass is 635 g/mol. The van der Waals surface area contributed by atoms with E-state index < -0.39 is 52.0 Å². The number of aldehydes is 1. The van der Waals surface area contributed by atoms with Gasteiger partial charge in [-0.2, -0.15) is 0 Å². The zero-order chi connectivity index (χ0) is 31.9. The van der Waals surface area contributed by atoms with Crippen LogP contribution in [0.25, 0.3) is 11.3 Å². The Labute approximate surface area is 254 Å². The highest BCUT2D eigenvalue weighted by atomic mass is 35.5. The quantitative estimate of drug-likeness (QED) is 0.0957. The summed E-state index contributed by atoms with van der Waals surface area (Å²) in [4.78, 5) is 29.6. The highest BCUT2D eigenvalue weighted by Crippen LogP contribution is 2.50. The van der Waals surface area contributed by atoms with Crippen molar-refractivity contribution in [3.63, 3.8) is 0 Å². The van der Waals surface area contributed by atoms with Crippen molar-refractivity contribution in [3.05, 3.63) is 75.2 Å². The molecule has 2 heterocycles. The number of methoxy groups -OCH3 is 1. The van der Waals surface area contributed by atoms with Gasteiger partial charge in [0.15, 0.2) is 17.8 Å². The second-order valence-corrected chi connectivity index (χ2v) is 11.3. The van der Waals surface area contributed by atoms with E-state index in [9.17, 15) is 27.2 Å². The van der Waals surface area contributed by atoms with Crippen LogP contribution in [0.15, 0.2) is 30.3 Å². The van der Waals surface area contributed by atoms with E-state index in [0.717, 1.165) is 23.5 Å². The van der Waals surface area contributed by atoms with E-state index >= 15 is 4.39 Å². The molecular formula is C31H29ClF5N4O3+. The molecule has 7 nitrogen and oxygen atoms in total. The number of amides is 1. The molecule has 0 spiro atoms. The minimum atomic E-state index is -2.75. The summed E-state index contributed by atoms with van der Waals surface area (Å²) in [5.41, 5.74) is 3.93. The molecule has 0 radical (unpaired) electrons. The molecule has 13 heteroatoms. The number of benzene rings is 2. The number of hydrogen-bond acceptors (Lipinski definition) is 5. The highest BCUT2D eigenvalue weighted by Gasteiger charge is 2.48. The maximum Gasteiger partial charge on any atom is 0.451 e. The molecule has 1 amide bonds. The Kier molecular flexibility index (Phi) is 8.77. The molecule has 44 heavy (non-hydrogen) atoms. The van der Waals surface area contributed by atoms with Crippen LogP contribution < -0.4 is 15.8 Å². The van der Waals surface area contributed by atoms with E-state index in [2.05, 4.69) is 16.0 Å². The number of aromatic nitrogens is 1. The molecule has 0 bridgehead atoms. The summed E-state index contributed by atoms with van der Waals surface area (Å²) in [5.74, 6) is -3.65. The van der Waals surface area contributed by atoms with Crippen LogP contribution in [0, 0.1) is 23.4 Å². The Morgan fingerprint density at radius 1 is 1.16 bits per heavy atom. The summed E-state index contributed by atoms with van der Waals surface area (Å²) in [7, 11) is 2.82. The number of pyridine rings is 1. The fourth-order valence-corrected chi connectivity index (χ4v) is 5.64. The van der Waals surface area contributed by atoms with E-state index in [4.69, 9.17) is 16.3 Å². The minimum absolute atomic E-state index is 0.0700. The van der Waals surface area contributed by atoms with Gasteiger partial charge in [0.2, 0.25) is 0 Å². The first-order valence-corrected chi connectivity index (χ1v) is 14.3. The average Bonchev–Trinajstić information content (AvgIpc) is 3.93. The van der Waals surface area contributed by atoms with E-state index in [1.165, 1.54) is 38.6 Å². The van der Waals surface area contributed by atoms with E-state index in [1.807, 2.05) is 0 Å². The van der Waals surface area contributed by atoms with Crippen molar-refractivity contribution >= 4 is 35.7 Å². The summed E-state index contributed by atoms with van der Waals surface area (Å²) in [5, 5.41) is 2.43. The molecule has 2 saturated carbocycles. The van der Waals surface area contributed by atoms with Crippen LogP contribution >= 0.6 is 11.6 Å². The molecule has 3 aliphatic rings. The molecule has 1 aliphatic heterocycles. The number of carbonyl (C=O) groups is 2. The number of ether oxygens (including phenoxy) is 1. The predicted octanol–water partition coefficient (Wildman–Crippen LogP) is 5.86. The van der Waals surface area contributed by atoms with E-state index in [-0.39, 0.29) is 40.6 Å². The third kappa shape index (κ3) is 5.68. The van der Waals surface area contributed by atoms with Gasteiger partial charge in [-0.25, -0.2) is 18.2 Å². The minimum Gasteiger partial charge on any atom is -0.490 e. The standard InChI is InChI=1S/C30H23ClF5N3O3.CH5N/c1-42-24-7-15(6-16-12-39(27(16)24)29(35)36)28(41)37-11-18(14-2-3-14)23-9-19(30(13-40)4-5-30)25(34)26(38-23)17-8-20(31)22(33)10-21(17)32;1-2/h6-10,12-14,18,29H,2-5,11H2,1H3;2H2,1H3/p+1. The molecular weight excluding hydrogens is 607 g/mol. The molecule has 6 rings (SSSR count). The van der Waals surface area contributed by atoms with E-state index in [1.54, 1.807) is 0 Å². The van der Waals surface area contributed by atoms with Gasteiger partial charge in [0.25, 0.3) is 11.6 Å². The lowest BCUT2D eigenvalue weighted by Crippen LogP contribution is -2.31. The van der Waals surface area contributed by atoms with Crippen molar-refractivity contribution in [1.82, 2.24) is 10.3 Å². The van der Waals surface area contributed by atoms with Gasteiger partial charge in [-0.15, -0.1) is 13.4 Å². The number of hydrogen-bond donors (Lipinski definition) is 2. The van der Waals surface area contributed by atoms with Crippen molar-refractivity contribution in [3.8, 4) is 17.0 Å². The summed E-state index contributed by atoms with van der Waals surface area (Å²) in [6, 6.07) is 5.87. The number of nitrogens with zero attached hydrogens (tertiary/aromatic N) is 2. The SMILES string of the molecule is CN.COc1cc(C(=O)NCC(c2cc(C3(C=O)CC3)c(F)c(-c3cc(Cl)c(F)cc3F)n2)C2CC2)cc2c1[N+](C(F)F)=C2. The third-order valence-corrected chi connectivity index (χ3v) is 8.47. The normalized spacial score (nSPS) is 16.5. The summed E-state index contributed by atoms with van der Waals surface area (Å²) in [6.45, 7) is -2.68. The van der Waals surface area contributed by atoms with Crippen LogP contribution in [0.1, 0.15) is 58.8 Å². The second-order valence-electron chi connectivity index (χ2n) is 10.9. The van der Waals surface area contributed by atoms with Crippen LogP contribution in [0.2, 0.25) is 5.02 Å². The fraction of sp³-hybridized carbons (Fsp3) is 0.355. The Hall–Kier alpha value is -3.90. The van der Waals surface area contributed by atoms with Gasteiger partial charge in [-0.05, 0) is 62.9 Å². The predicted molar refractivity (Wildman–Crippen MR) is 154 cm³/mol. The zero-order valence-corrected chi connectivity index (χ0v) is 24.5. The zero-order valence-electron chi connectivity index (χ0n) is 23.8.